The Morgan fingerprint density at radius 2 is 1.67 bits per heavy atom. The Labute approximate surface area is 383 Å². The zero-order chi connectivity index (χ0) is 45.0. The molecule has 0 aliphatic carbocycles. The fraction of sp³-hybridized carbons (Fsp3) is 0.449. The molecule has 10 nitrogen and oxygen atoms in total. The molecule has 14 heteroatoms. The third kappa shape index (κ3) is 8.59. The number of amides is 1. The number of aryl methyl sites for hydroxylation is 1. The van der Waals surface area contributed by atoms with Crippen molar-refractivity contribution in [1.82, 2.24) is 29.4 Å². The molecule has 2 aliphatic rings. The van der Waals surface area contributed by atoms with Crippen LogP contribution in [-0.2, 0) is 11.3 Å². The largest absolute Gasteiger partial charge is 0.463 e. The minimum absolute atomic E-state index is 0.0355. The van der Waals surface area contributed by atoms with Gasteiger partial charge in [0.05, 0.1) is 47.0 Å². The number of piperazine rings is 1. The van der Waals surface area contributed by atoms with E-state index in [-0.39, 0.29) is 47.6 Å². The van der Waals surface area contributed by atoms with Crippen LogP contribution < -0.4 is 9.64 Å². The zero-order valence-electron chi connectivity index (χ0n) is 37.6. The summed E-state index contributed by atoms with van der Waals surface area (Å²) in [4.78, 5) is 36.3. The zero-order valence-corrected chi connectivity index (χ0v) is 40.8. The van der Waals surface area contributed by atoms with Crippen LogP contribution in [-0.4, -0.2) is 81.0 Å². The summed E-state index contributed by atoms with van der Waals surface area (Å²) in [7, 11) is -2.25. The SMILES string of the molecule is CC(C)[Si](C#Cc1c(F)ccc2cccc(-c3ncc4c(N5CC6CCC(C5)N6C(=O)OC(C)(C)C)nc(OCCCn5cnc6cc(I)ccc65)nc4c3F)c12)(C(C)C)C(C)C. The number of fused-ring (bicyclic) bond motifs is 5. The molecule has 6 aromatic rings. The highest BCUT2D eigenvalue weighted by molar-refractivity contribution is 14.1. The fourth-order valence-electron chi connectivity index (χ4n) is 10.1. The normalized spacial score (nSPS) is 16.8. The van der Waals surface area contributed by atoms with E-state index in [4.69, 9.17) is 24.4 Å². The number of imidazole rings is 1. The summed E-state index contributed by atoms with van der Waals surface area (Å²) in [5, 5.41) is 1.66. The molecular formula is C49H56F2IN7O3Si. The fourth-order valence-corrected chi connectivity index (χ4v) is 15.8. The molecule has 2 saturated heterocycles. The second-order valence-electron chi connectivity index (χ2n) is 18.9. The van der Waals surface area contributed by atoms with Crippen molar-refractivity contribution in [3.8, 4) is 28.7 Å². The third-order valence-corrected chi connectivity index (χ3v) is 19.9. The van der Waals surface area contributed by atoms with Gasteiger partial charge in [-0.15, -0.1) is 5.54 Å². The number of aromatic nitrogens is 5. The van der Waals surface area contributed by atoms with Gasteiger partial charge in [-0.2, -0.15) is 9.97 Å². The molecule has 0 radical (unpaired) electrons. The average Bonchev–Trinajstić information content (AvgIpc) is 3.75. The van der Waals surface area contributed by atoms with Gasteiger partial charge < -0.3 is 18.9 Å². The van der Waals surface area contributed by atoms with Crippen LogP contribution in [0.2, 0.25) is 16.6 Å². The molecular weight excluding hydrogens is 928 g/mol. The highest BCUT2D eigenvalue weighted by Crippen LogP contribution is 2.42. The van der Waals surface area contributed by atoms with Crippen LogP contribution in [0.1, 0.15) is 87.1 Å². The van der Waals surface area contributed by atoms with Crippen LogP contribution in [0.3, 0.4) is 0 Å². The maximum atomic E-state index is 17.5. The quantitative estimate of drug-likeness (QED) is 0.0579. The number of hydrogen-bond donors (Lipinski definition) is 0. The Kier molecular flexibility index (Phi) is 12.5. The molecule has 0 N–H and O–H groups in total. The Hall–Kier alpha value is -4.88. The highest BCUT2D eigenvalue weighted by atomic mass is 127. The number of hydrogen-bond acceptors (Lipinski definition) is 8. The first kappa shape index (κ1) is 44.7. The van der Waals surface area contributed by atoms with Gasteiger partial charge in [0.25, 0.3) is 0 Å². The van der Waals surface area contributed by atoms with Crippen LogP contribution >= 0.6 is 22.6 Å². The van der Waals surface area contributed by atoms with E-state index >= 15 is 8.78 Å². The van der Waals surface area contributed by atoms with Gasteiger partial charge in [-0.1, -0.05) is 71.7 Å². The molecule has 1 amide bonds. The molecule has 2 fully saturated rings. The maximum Gasteiger partial charge on any atom is 0.410 e. The smallest absolute Gasteiger partial charge is 0.410 e. The van der Waals surface area contributed by atoms with E-state index in [0.717, 1.165) is 32.8 Å². The van der Waals surface area contributed by atoms with E-state index < -0.39 is 25.3 Å². The number of carbonyl (C=O) groups is 1. The Bertz CT molecular complexity index is 2740. The molecule has 63 heavy (non-hydrogen) atoms. The first-order valence-electron chi connectivity index (χ1n) is 22.1. The molecule has 3 aromatic heterocycles. The van der Waals surface area contributed by atoms with E-state index in [9.17, 15) is 4.79 Å². The number of halogens is 3. The predicted octanol–water partition coefficient (Wildman–Crippen LogP) is 11.7. The second kappa shape index (κ2) is 17.6. The molecule has 2 aliphatic heterocycles. The van der Waals surface area contributed by atoms with E-state index in [1.807, 2.05) is 50.2 Å². The van der Waals surface area contributed by atoms with Crippen molar-refractivity contribution in [3.63, 3.8) is 0 Å². The van der Waals surface area contributed by atoms with Crippen LogP contribution in [0.25, 0.3) is 44.0 Å². The van der Waals surface area contributed by atoms with Gasteiger partial charge in [-0.05, 0) is 109 Å². The summed E-state index contributed by atoms with van der Waals surface area (Å²) in [6.07, 6.45) is 5.35. The van der Waals surface area contributed by atoms with Gasteiger partial charge in [0, 0.05) is 40.4 Å². The number of nitrogens with zero attached hydrogens (tertiary/aromatic N) is 7. The number of ether oxygens (including phenoxy) is 2. The number of carbonyl (C=O) groups excluding carboxylic acids is 1. The molecule has 2 unspecified atom stereocenters. The summed E-state index contributed by atoms with van der Waals surface area (Å²) in [6.45, 7) is 20.8. The Balaban J connectivity index is 1.20. The predicted molar refractivity (Wildman–Crippen MR) is 258 cm³/mol. The van der Waals surface area contributed by atoms with Crippen molar-refractivity contribution in [3.05, 3.63) is 81.8 Å². The van der Waals surface area contributed by atoms with Crippen molar-refractivity contribution in [2.75, 3.05) is 24.6 Å². The van der Waals surface area contributed by atoms with Crippen molar-refractivity contribution in [1.29, 1.82) is 0 Å². The topological polar surface area (TPSA) is 98.5 Å². The molecule has 8 rings (SSSR count). The molecule has 330 valence electrons. The summed E-state index contributed by atoms with van der Waals surface area (Å²) in [5.41, 5.74) is 6.81. The highest BCUT2D eigenvalue weighted by Gasteiger charge is 2.45. The lowest BCUT2D eigenvalue weighted by Crippen LogP contribution is -2.57. The summed E-state index contributed by atoms with van der Waals surface area (Å²) >= 11 is 2.28. The minimum atomic E-state index is -2.25. The van der Waals surface area contributed by atoms with Crippen LogP contribution in [0.5, 0.6) is 6.01 Å². The van der Waals surface area contributed by atoms with Crippen LogP contribution in [0.15, 0.2) is 61.1 Å². The van der Waals surface area contributed by atoms with Crippen molar-refractivity contribution < 1.29 is 23.0 Å². The molecule has 2 bridgehead atoms. The summed E-state index contributed by atoms with van der Waals surface area (Å²) < 4.78 is 49.0. The standard InChI is InChI=1S/C49H56F2IN7O3Si/c1-29(2)63(30(3)4,31(5)6)23-20-36-39(50)18-14-32-12-10-13-37(42(32)36)44-43(51)45-38(25-53-44)46(58-26-34-16-17-35(27-58)59(34)48(60)62-49(7,8)9)56-47(55-45)61-22-11-21-57-28-54-40-24-33(52)15-19-41(40)57/h10,12-15,18-19,24-25,28-31,34-35H,11,16-17,21-22,26-27H2,1-9H3. The molecule has 2 atom stereocenters. The van der Waals surface area contributed by atoms with E-state index in [0.29, 0.717) is 64.8 Å². The van der Waals surface area contributed by atoms with Crippen molar-refractivity contribution in [2.24, 2.45) is 0 Å². The van der Waals surface area contributed by atoms with Gasteiger partial charge in [0.1, 0.15) is 36.5 Å². The van der Waals surface area contributed by atoms with Gasteiger partial charge in [0.15, 0.2) is 5.82 Å². The van der Waals surface area contributed by atoms with E-state index in [2.05, 4.69) is 102 Å². The van der Waals surface area contributed by atoms with Crippen LogP contribution in [0.4, 0.5) is 19.4 Å². The number of anilines is 1. The summed E-state index contributed by atoms with van der Waals surface area (Å²) in [6, 6.07) is 14.6. The van der Waals surface area contributed by atoms with Gasteiger partial charge in [-0.25, -0.2) is 18.6 Å². The Morgan fingerprint density at radius 1 is 0.952 bits per heavy atom. The second-order valence-corrected chi connectivity index (χ2v) is 25.8. The van der Waals surface area contributed by atoms with Gasteiger partial charge in [-0.3, -0.25) is 9.88 Å². The third-order valence-electron chi connectivity index (χ3n) is 12.9. The first-order chi connectivity index (χ1) is 30.0. The monoisotopic (exact) mass is 983 g/mol. The lowest BCUT2D eigenvalue weighted by Gasteiger charge is -2.42. The molecule has 0 saturated carbocycles. The lowest BCUT2D eigenvalue weighted by atomic mass is 9.96. The molecule has 3 aromatic carbocycles. The van der Waals surface area contributed by atoms with E-state index in [1.165, 1.54) is 6.07 Å². The van der Waals surface area contributed by atoms with Crippen molar-refractivity contribution in [2.45, 2.75) is 122 Å². The number of benzene rings is 3. The number of pyridine rings is 1. The van der Waals surface area contributed by atoms with Crippen molar-refractivity contribution >= 4 is 75.3 Å². The maximum absolute atomic E-state index is 17.5. The number of rotatable bonds is 10. The summed E-state index contributed by atoms with van der Waals surface area (Å²) in [5.74, 6) is 2.71. The van der Waals surface area contributed by atoms with Crippen LogP contribution in [0, 0.1) is 26.7 Å². The first-order valence-corrected chi connectivity index (χ1v) is 25.4. The van der Waals surface area contributed by atoms with Gasteiger partial charge in [0.2, 0.25) is 0 Å². The molecule has 5 heterocycles. The van der Waals surface area contributed by atoms with Gasteiger partial charge >= 0.3 is 12.1 Å². The van der Waals surface area contributed by atoms with E-state index in [1.54, 1.807) is 18.3 Å². The lowest BCUT2D eigenvalue weighted by molar-refractivity contribution is 0.0122. The Morgan fingerprint density at radius 3 is 2.35 bits per heavy atom. The molecule has 0 spiro atoms. The average molecular weight is 984 g/mol. The minimum Gasteiger partial charge on any atom is -0.463 e.